The zero-order valence-electron chi connectivity index (χ0n) is 23.1. The molecule has 5 heterocycles. The van der Waals surface area contributed by atoms with Crippen LogP contribution in [-0.4, -0.2) is 95.6 Å². The lowest BCUT2D eigenvalue weighted by molar-refractivity contribution is 0.0933. The van der Waals surface area contributed by atoms with Crippen molar-refractivity contribution in [3.8, 4) is 0 Å². The number of piperazine rings is 1. The molecule has 0 unspecified atom stereocenters. The minimum Gasteiger partial charge on any atom is -0.368 e. The summed E-state index contributed by atoms with van der Waals surface area (Å²) in [6, 6.07) is 5.30. The molecule has 1 atom stereocenters. The number of likely N-dealkylation sites (tertiary alicyclic amines) is 1. The van der Waals surface area contributed by atoms with E-state index in [1.54, 1.807) is 12.1 Å². The van der Waals surface area contributed by atoms with Gasteiger partial charge in [-0.25, -0.2) is 24.1 Å². The van der Waals surface area contributed by atoms with Crippen LogP contribution < -0.4 is 20.4 Å². The minimum atomic E-state index is -0.437. The third-order valence-corrected chi connectivity index (χ3v) is 8.09. The second kappa shape index (κ2) is 10.6. The summed E-state index contributed by atoms with van der Waals surface area (Å²) in [5.74, 6) is -0.135. The van der Waals surface area contributed by atoms with Crippen molar-refractivity contribution in [2.75, 3.05) is 68.0 Å². The number of hydrogen-bond acceptors (Lipinski definition) is 8. The van der Waals surface area contributed by atoms with Gasteiger partial charge in [-0.15, -0.1) is 0 Å². The van der Waals surface area contributed by atoms with Crippen LogP contribution in [0.4, 0.5) is 26.4 Å². The zero-order valence-corrected chi connectivity index (χ0v) is 23.1. The molecular weight excluding hydrogens is 513 g/mol. The number of aromatic nitrogens is 3. The second-order valence-electron chi connectivity index (χ2n) is 10.8. The topological polar surface area (TPSA) is 110 Å². The Morgan fingerprint density at radius 1 is 1.18 bits per heavy atom. The molecule has 1 aromatic carbocycles. The van der Waals surface area contributed by atoms with E-state index in [1.807, 2.05) is 19.9 Å². The predicted molar refractivity (Wildman–Crippen MR) is 151 cm³/mol. The Morgan fingerprint density at radius 2 is 1.98 bits per heavy atom. The van der Waals surface area contributed by atoms with Gasteiger partial charge in [0.25, 0.3) is 5.91 Å². The van der Waals surface area contributed by atoms with Crippen molar-refractivity contribution in [1.82, 2.24) is 30.1 Å². The van der Waals surface area contributed by atoms with Gasteiger partial charge in [0.15, 0.2) is 5.82 Å². The second-order valence-corrected chi connectivity index (χ2v) is 10.8. The maximum Gasteiger partial charge on any atom is 0.327 e. The average molecular weight is 548 g/mol. The van der Waals surface area contributed by atoms with Crippen LogP contribution in [-0.2, 0) is 6.54 Å². The van der Waals surface area contributed by atoms with E-state index in [9.17, 15) is 9.59 Å². The number of carbonyl (C=O) groups excluding carboxylic acids is 2. The van der Waals surface area contributed by atoms with Crippen molar-refractivity contribution in [2.24, 2.45) is 0 Å². The Hall–Kier alpha value is -3.90. The maximum absolute atomic E-state index is 15.7. The third kappa shape index (κ3) is 4.81. The highest BCUT2D eigenvalue weighted by Crippen LogP contribution is 2.38. The fourth-order valence-electron chi connectivity index (χ4n) is 5.95. The van der Waals surface area contributed by atoms with Gasteiger partial charge in [-0.1, -0.05) is 0 Å². The smallest absolute Gasteiger partial charge is 0.327 e. The first kappa shape index (κ1) is 26.3. The Labute approximate surface area is 232 Å². The van der Waals surface area contributed by atoms with Gasteiger partial charge in [-0.05, 0) is 52.1 Å². The first-order valence-electron chi connectivity index (χ1n) is 13.8. The van der Waals surface area contributed by atoms with Crippen molar-refractivity contribution in [3.05, 3.63) is 47.3 Å². The molecule has 40 heavy (non-hydrogen) atoms. The molecule has 3 aliphatic rings. The molecule has 0 radical (unpaired) electrons. The lowest BCUT2D eigenvalue weighted by Gasteiger charge is -2.37. The number of hydrogen-bond donors (Lipinski definition) is 2. The summed E-state index contributed by atoms with van der Waals surface area (Å²) >= 11 is 0. The number of likely N-dealkylation sites (N-methyl/N-ethyl adjacent to an activating group) is 1. The number of benzene rings is 1. The monoisotopic (exact) mass is 547 g/mol. The quantitative estimate of drug-likeness (QED) is 0.485. The van der Waals surface area contributed by atoms with Gasteiger partial charge >= 0.3 is 6.03 Å². The van der Waals surface area contributed by atoms with Crippen molar-refractivity contribution < 1.29 is 14.0 Å². The van der Waals surface area contributed by atoms with Gasteiger partial charge in [0.05, 0.1) is 28.0 Å². The van der Waals surface area contributed by atoms with Crippen molar-refractivity contribution >= 4 is 40.0 Å². The lowest BCUT2D eigenvalue weighted by Crippen LogP contribution is -2.46. The van der Waals surface area contributed by atoms with Crippen LogP contribution in [0, 0.1) is 12.7 Å². The van der Waals surface area contributed by atoms with Crippen LogP contribution in [0.3, 0.4) is 0 Å². The highest BCUT2D eigenvalue weighted by molar-refractivity contribution is 6.17. The molecule has 11 nitrogen and oxygen atoms in total. The normalized spacial score (nSPS) is 19.8. The van der Waals surface area contributed by atoms with E-state index in [4.69, 9.17) is 0 Å². The van der Waals surface area contributed by atoms with E-state index in [-0.39, 0.29) is 17.6 Å². The molecule has 0 saturated carbocycles. The van der Waals surface area contributed by atoms with E-state index in [2.05, 4.69) is 47.3 Å². The van der Waals surface area contributed by atoms with E-state index in [0.29, 0.717) is 41.1 Å². The highest BCUT2D eigenvalue weighted by atomic mass is 19.1. The Bertz CT molecular complexity index is 1470. The number of nitrogens with one attached hydrogen (secondary N) is 2. The number of aryl methyl sites for hydroxylation is 1. The van der Waals surface area contributed by atoms with Gasteiger partial charge in [0.1, 0.15) is 17.8 Å². The summed E-state index contributed by atoms with van der Waals surface area (Å²) in [5, 5.41) is 6.33. The van der Waals surface area contributed by atoms with Crippen LogP contribution in [0.15, 0.2) is 24.5 Å². The molecule has 12 heteroatoms. The van der Waals surface area contributed by atoms with E-state index in [0.717, 1.165) is 57.1 Å². The van der Waals surface area contributed by atoms with Crippen LogP contribution in [0.5, 0.6) is 0 Å². The minimum absolute atomic E-state index is 0.132. The SMILES string of the molecule is CCN1C(=O)Nc2c(F)c(CN3CCN(c4ccc(C(=O)N[C@H]5CCN(C)C5)nc4C)CC3)cc3ncnc1c23. The largest absolute Gasteiger partial charge is 0.368 e. The summed E-state index contributed by atoms with van der Waals surface area (Å²) < 4.78 is 15.7. The zero-order chi connectivity index (χ0) is 28.0. The molecule has 0 bridgehead atoms. The fraction of sp³-hybridized carbons (Fsp3) is 0.464. The summed E-state index contributed by atoms with van der Waals surface area (Å²) in [6.45, 7) is 9.42. The van der Waals surface area contributed by atoms with Crippen molar-refractivity contribution in [1.29, 1.82) is 0 Å². The first-order valence-corrected chi connectivity index (χ1v) is 13.8. The van der Waals surface area contributed by atoms with Crippen LogP contribution in [0.25, 0.3) is 10.9 Å². The fourth-order valence-corrected chi connectivity index (χ4v) is 5.95. The lowest BCUT2D eigenvalue weighted by atomic mass is 10.1. The van der Waals surface area contributed by atoms with Gasteiger partial charge in [0, 0.05) is 57.4 Å². The first-order chi connectivity index (χ1) is 19.3. The van der Waals surface area contributed by atoms with E-state index >= 15 is 4.39 Å². The van der Waals surface area contributed by atoms with Gasteiger partial charge in [0.2, 0.25) is 0 Å². The number of halogens is 1. The summed E-state index contributed by atoms with van der Waals surface area (Å²) in [6.07, 6.45) is 2.37. The highest BCUT2D eigenvalue weighted by Gasteiger charge is 2.30. The number of pyridine rings is 1. The Morgan fingerprint density at radius 3 is 2.67 bits per heavy atom. The van der Waals surface area contributed by atoms with Crippen molar-refractivity contribution in [2.45, 2.75) is 32.9 Å². The van der Waals surface area contributed by atoms with Gasteiger partial charge in [-0.2, -0.15) is 0 Å². The molecule has 2 fully saturated rings. The number of rotatable bonds is 6. The number of nitrogens with zero attached hydrogens (tertiary/aromatic N) is 7. The van der Waals surface area contributed by atoms with Crippen LogP contribution >= 0.6 is 0 Å². The number of carbonyl (C=O) groups is 2. The summed E-state index contributed by atoms with van der Waals surface area (Å²) in [4.78, 5) is 46.7. The third-order valence-electron chi connectivity index (χ3n) is 8.09. The molecule has 210 valence electrons. The molecule has 0 spiro atoms. The van der Waals surface area contributed by atoms with E-state index in [1.165, 1.54) is 11.2 Å². The maximum atomic E-state index is 15.7. The number of amides is 3. The van der Waals surface area contributed by atoms with E-state index < -0.39 is 11.8 Å². The molecule has 0 aliphatic carbocycles. The standard InChI is InChI=1S/C28H34FN9O2/c1-4-38-26-23-21(30-16-31-26)13-18(24(29)25(23)34-28(38)40)14-36-9-11-37(12-10-36)22-6-5-20(32-17(22)2)27(39)33-19-7-8-35(3)15-19/h5-6,13,16,19H,4,7-12,14-15H2,1-3H3,(H,33,39)(H,34,40)/t19-/m0/s1. The molecule has 3 aromatic rings. The molecule has 2 N–H and O–H groups in total. The van der Waals surface area contributed by atoms with Crippen LogP contribution in [0.1, 0.15) is 35.1 Å². The molecule has 6 rings (SSSR count). The number of urea groups is 1. The van der Waals surface area contributed by atoms with Gasteiger partial charge < -0.3 is 20.4 Å². The molecule has 2 saturated heterocycles. The average Bonchev–Trinajstić information content (AvgIpc) is 3.36. The van der Waals surface area contributed by atoms with Crippen LogP contribution in [0.2, 0.25) is 0 Å². The van der Waals surface area contributed by atoms with Gasteiger partial charge in [-0.3, -0.25) is 14.6 Å². The molecular formula is C28H34FN9O2. The molecule has 3 amide bonds. The Kier molecular flexibility index (Phi) is 6.97. The predicted octanol–water partition coefficient (Wildman–Crippen LogP) is 2.60. The van der Waals surface area contributed by atoms with Crippen molar-refractivity contribution in [3.63, 3.8) is 0 Å². The molecule has 2 aromatic heterocycles. The summed E-state index contributed by atoms with van der Waals surface area (Å²) in [5.41, 5.74) is 3.52. The molecule has 3 aliphatic heterocycles. The summed E-state index contributed by atoms with van der Waals surface area (Å²) in [7, 11) is 2.06. The number of anilines is 3. The Balaban J connectivity index is 1.12.